The van der Waals surface area contributed by atoms with Gasteiger partial charge in [-0.05, 0) is 27.2 Å². The van der Waals surface area contributed by atoms with Gasteiger partial charge in [0.15, 0.2) is 0 Å². The third kappa shape index (κ3) is 6.17. The molecule has 0 spiro atoms. The van der Waals surface area contributed by atoms with Gasteiger partial charge < -0.3 is 19.8 Å². The molecule has 1 heterocycles. The highest BCUT2D eigenvalue weighted by Crippen LogP contribution is 2.19. The maximum Gasteiger partial charge on any atom is 0.410 e. The average Bonchev–Trinajstić information content (AvgIpc) is 2.75. The summed E-state index contributed by atoms with van der Waals surface area (Å²) in [6.45, 7) is 7.85. The monoisotopic (exact) mass is 289 g/mol. The van der Waals surface area contributed by atoms with Crippen LogP contribution >= 0.6 is 12.2 Å². The van der Waals surface area contributed by atoms with Gasteiger partial charge in [0.1, 0.15) is 10.6 Å². The number of nitrogens with zero attached hydrogens (tertiary/aromatic N) is 1. The van der Waals surface area contributed by atoms with Gasteiger partial charge in [-0.3, -0.25) is 0 Å². The lowest BCUT2D eigenvalue weighted by Gasteiger charge is -2.24. The van der Waals surface area contributed by atoms with Crippen molar-refractivity contribution >= 4 is 23.3 Å². The first kappa shape index (κ1) is 16.1. The number of ether oxygens (including phenoxy) is 2. The zero-order valence-corrected chi connectivity index (χ0v) is 12.6. The molecule has 1 fully saturated rings. The lowest BCUT2D eigenvalue weighted by atomic mass is 10.1. The molecule has 19 heavy (non-hydrogen) atoms. The molecule has 1 aliphatic heterocycles. The van der Waals surface area contributed by atoms with Crippen molar-refractivity contribution in [3.63, 3.8) is 0 Å². The zero-order chi connectivity index (χ0) is 14.5. The third-order valence-corrected chi connectivity index (χ3v) is 2.92. The maximum atomic E-state index is 11.9. The predicted molar refractivity (Wildman–Crippen MR) is 76.7 cm³/mol. The number of hydrazine groups is 1. The highest BCUT2D eigenvalue weighted by molar-refractivity contribution is 7.80. The molecule has 0 aromatic rings. The molecule has 0 radical (unpaired) electrons. The molecule has 1 unspecified atom stereocenters. The van der Waals surface area contributed by atoms with Crippen LogP contribution in [-0.4, -0.2) is 47.9 Å². The van der Waals surface area contributed by atoms with Gasteiger partial charge in [0, 0.05) is 19.0 Å². The Hall–Kier alpha value is -0.920. The van der Waals surface area contributed by atoms with Crippen molar-refractivity contribution in [2.45, 2.75) is 32.8 Å². The molecule has 1 atom stereocenters. The summed E-state index contributed by atoms with van der Waals surface area (Å²) in [4.78, 5) is 14.0. The summed E-state index contributed by atoms with van der Waals surface area (Å²) in [5.41, 5.74) is 1.91. The zero-order valence-electron chi connectivity index (χ0n) is 11.8. The molecule has 6 nitrogen and oxygen atoms in total. The van der Waals surface area contributed by atoms with Crippen molar-refractivity contribution in [3.8, 4) is 0 Å². The van der Waals surface area contributed by atoms with E-state index in [2.05, 4.69) is 5.43 Å². The number of amides is 1. The number of hydrogen-bond donors (Lipinski definition) is 2. The molecule has 1 aliphatic rings. The average molecular weight is 289 g/mol. The van der Waals surface area contributed by atoms with Gasteiger partial charge >= 0.3 is 6.09 Å². The Labute approximate surface area is 119 Å². The van der Waals surface area contributed by atoms with Crippen molar-refractivity contribution in [3.05, 3.63) is 0 Å². The fraction of sp³-hybridized carbons (Fsp3) is 0.833. The molecular formula is C12H23N3O3S. The Balaban J connectivity index is 2.26. The van der Waals surface area contributed by atoms with Crippen LogP contribution in [-0.2, 0) is 9.47 Å². The molecule has 1 saturated heterocycles. The summed E-state index contributed by atoms with van der Waals surface area (Å²) in [6, 6.07) is 0. The first-order valence-electron chi connectivity index (χ1n) is 6.37. The van der Waals surface area contributed by atoms with E-state index >= 15 is 0 Å². The van der Waals surface area contributed by atoms with E-state index in [1.807, 2.05) is 20.8 Å². The van der Waals surface area contributed by atoms with Crippen LogP contribution in [0, 0.1) is 5.92 Å². The first-order valence-corrected chi connectivity index (χ1v) is 6.78. The molecule has 3 N–H and O–H groups in total. The van der Waals surface area contributed by atoms with Gasteiger partial charge in [-0.1, -0.05) is 12.2 Å². The molecule has 0 aliphatic carbocycles. The second kappa shape index (κ2) is 7.02. The van der Waals surface area contributed by atoms with Gasteiger partial charge in [-0.25, -0.2) is 10.6 Å². The summed E-state index contributed by atoms with van der Waals surface area (Å²) in [7, 11) is 0. The predicted octanol–water partition coefficient (Wildman–Crippen LogP) is 1.05. The summed E-state index contributed by atoms with van der Waals surface area (Å²) in [6.07, 6.45) is 0.663. The number of likely N-dealkylation sites (tertiary alicyclic amines) is 1. The number of carbonyl (C=O) groups excluding carboxylic acids is 1. The number of carbonyl (C=O) groups is 1. The first-order chi connectivity index (χ1) is 8.81. The van der Waals surface area contributed by atoms with E-state index in [1.165, 1.54) is 0 Å². The van der Waals surface area contributed by atoms with E-state index in [0.717, 1.165) is 6.42 Å². The Morgan fingerprint density at radius 1 is 1.53 bits per heavy atom. The van der Waals surface area contributed by atoms with Crippen molar-refractivity contribution in [2.75, 3.05) is 26.3 Å². The lowest BCUT2D eigenvalue weighted by molar-refractivity contribution is 0.0278. The Morgan fingerprint density at radius 3 is 2.79 bits per heavy atom. The van der Waals surface area contributed by atoms with E-state index in [0.29, 0.717) is 37.2 Å². The number of nitrogens with two attached hydrogens (primary N) is 1. The largest absolute Gasteiger partial charge is 0.444 e. The van der Waals surface area contributed by atoms with Gasteiger partial charge in [0.25, 0.3) is 0 Å². The fourth-order valence-corrected chi connectivity index (χ4v) is 1.90. The lowest BCUT2D eigenvalue weighted by Crippen LogP contribution is -2.36. The molecule has 7 heteroatoms. The summed E-state index contributed by atoms with van der Waals surface area (Å²) in [5.74, 6) is 5.47. The van der Waals surface area contributed by atoms with Crippen LogP contribution in [0.25, 0.3) is 0 Å². The normalized spacial score (nSPS) is 19.4. The van der Waals surface area contributed by atoms with E-state index in [4.69, 9.17) is 27.5 Å². The fourth-order valence-electron chi connectivity index (χ4n) is 1.82. The minimum absolute atomic E-state index is 0.255. The maximum absolute atomic E-state index is 11.9. The van der Waals surface area contributed by atoms with Gasteiger partial charge in [-0.15, -0.1) is 0 Å². The second-order valence-electron chi connectivity index (χ2n) is 5.66. The van der Waals surface area contributed by atoms with Crippen LogP contribution in [0.4, 0.5) is 4.79 Å². The van der Waals surface area contributed by atoms with Crippen LogP contribution in [0.5, 0.6) is 0 Å². The van der Waals surface area contributed by atoms with Gasteiger partial charge in [0.05, 0.1) is 13.2 Å². The molecule has 0 aromatic carbocycles. The Morgan fingerprint density at radius 2 is 2.21 bits per heavy atom. The van der Waals surface area contributed by atoms with E-state index in [-0.39, 0.29) is 6.09 Å². The smallest absolute Gasteiger partial charge is 0.410 e. The van der Waals surface area contributed by atoms with E-state index in [9.17, 15) is 4.79 Å². The SMILES string of the molecule is CC(C)(C)OC(=O)N1CCC(COCC(=S)NN)C1. The summed E-state index contributed by atoms with van der Waals surface area (Å²) < 4.78 is 10.8. The highest BCUT2D eigenvalue weighted by Gasteiger charge is 2.29. The molecule has 1 rings (SSSR count). The van der Waals surface area contributed by atoms with Crippen LogP contribution in [0.15, 0.2) is 0 Å². The van der Waals surface area contributed by atoms with Gasteiger partial charge in [0.2, 0.25) is 0 Å². The second-order valence-corrected chi connectivity index (χ2v) is 6.16. The van der Waals surface area contributed by atoms with Gasteiger partial charge in [-0.2, -0.15) is 0 Å². The molecule has 0 saturated carbocycles. The minimum atomic E-state index is -0.454. The molecule has 0 bridgehead atoms. The van der Waals surface area contributed by atoms with Crippen LogP contribution in [0.1, 0.15) is 27.2 Å². The minimum Gasteiger partial charge on any atom is -0.444 e. The van der Waals surface area contributed by atoms with E-state index < -0.39 is 5.60 Å². The van der Waals surface area contributed by atoms with E-state index in [1.54, 1.807) is 4.90 Å². The summed E-state index contributed by atoms with van der Waals surface area (Å²) in [5, 5.41) is 0. The number of nitrogens with one attached hydrogen (secondary N) is 1. The highest BCUT2D eigenvalue weighted by atomic mass is 32.1. The van der Waals surface area contributed by atoms with Crippen LogP contribution in [0.2, 0.25) is 0 Å². The van der Waals surface area contributed by atoms with Crippen molar-refractivity contribution in [1.29, 1.82) is 0 Å². The van der Waals surface area contributed by atoms with Crippen molar-refractivity contribution < 1.29 is 14.3 Å². The quantitative estimate of drug-likeness (QED) is 0.458. The number of hydrogen-bond acceptors (Lipinski definition) is 5. The molecule has 0 aromatic heterocycles. The third-order valence-electron chi connectivity index (χ3n) is 2.69. The van der Waals surface area contributed by atoms with Crippen LogP contribution in [0.3, 0.4) is 0 Å². The Bertz CT molecular complexity index is 331. The number of thiocarbonyl (C=S) groups is 1. The number of rotatable bonds is 4. The summed E-state index contributed by atoms with van der Waals surface area (Å²) >= 11 is 4.87. The molecule has 110 valence electrons. The van der Waals surface area contributed by atoms with Crippen molar-refractivity contribution in [2.24, 2.45) is 11.8 Å². The topological polar surface area (TPSA) is 76.8 Å². The Kier molecular flexibility index (Phi) is 5.96. The molecular weight excluding hydrogens is 266 g/mol. The van der Waals surface area contributed by atoms with Crippen LogP contribution < -0.4 is 11.3 Å². The molecule has 1 amide bonds. The van der Waals surface area contributed by atoms with Crippen molar-refractivity contribution in [1.82, 2.24) is 10.3 Å². The standard InChI is InChI=1S/C12H23N3O3S/c1-12(2,3)18-11(16)15-5-4-9(6-15)7-17-8-10(19)14-13/h9H,4-8,13H2,1-3H3,(H,14,19).